The first-order valence-corrected chi connectivity index (χ1v) is 8.45. The molecular formula is C18H23N3O5. The molecule has 8 nitrogen and oxygen atoms in total. The van der Waals surface area contributed by atoms with E-state index in [1.807, 2.05) is 6.92 Å². The first-order chi connectivity index (χ1) is 12.2. The minimum atomic E-state index is -1.02. The lowest BCUT2D eigenvalue weighted by Crippen LogP contribution is -2.41. The Bertz CT molecular complexity index is 712. The molecule has 2 rings (SSSR count). The molecule has 1 fully saturated rings. The fraction of sp³-hybridized carbons (Fsp3) is 0.444. The third-order valence-corrected chi connectivity index (χ3v) is 3.88. The molecule has 140 valence electrons. The van der Waals surface area contributed by atoms with Gasteiger partial charge in [-0.3, -0.25) is 14.5 Å². The largest absolute Gasteiger partial charge is 0.462 e. The van der Waals surface area contributed by atoms with Gasteiger partial charge in [0.05, 0.1) is 12.2 Å². The Morgan fingerprint density at radius 3 is 2.38 bits per heavy atom. The number of hydrogen-bond acceptors (Lipinski definition) is 5. The van der Waals surface area contributed by atoms with Crippen LogP contribution in [0.25, 0.3) is 0 Å². The highest BCUT2D eigenvalue weighted by atomic mass is 16.5. The van der Waals surface area contributed by atoms with Gasteiger partial charge in [0.25, 0.3) is 5.91 Å². The third kappa shape index (κ3) is 4.59. The van der Waals surface area contributed by atoms with E-state index in [1.165, 1.54) is 0 Å². The maximum absolute atomic E-state index is 12.1. The molecule has 4 amide bonds. The monoisotopic (exact) mass is 361 g/mol. The molecule has 2 N–H and O–H groups in total. The lowest BCUT2D eigenvalue weighted by Gasteiger charge is -2.15. The number of benzene rings is 1. The second kappa shape index (κ2) is 7.99. The molecule has 1 saturated heterocycles. The molecule has 1 aromatic carbocycles. The number of nitrogens with zero attached hydrogens (tertiary/aromatic N) is 1. The van der Waals surface area contributed by atoms with Crippen LogP contribution in [0.4, 0.5) is 10.5 Å². The zero-order valence-electron chi connectivity index (χ0n) is 15.1. The zero-order valence-corrected chi connectivity index (χ0v) is 15.1. The number of urea groups is 1. The van der Waals surface area contributed by atoms with E-state index in [4.69, 9.17) is 4.74 Å². The number of esters is 1. The Labute approximate surface area is 151 Å². The van der Waals surface area contributed by atoms with Crippen LogP contribution in [0.2, 0.25) is 0 Å². The molecule has 8 heteroatoms. The van der Waals surface area contributed by atoms with Gasteiger partial charge in [0.1, 0.15) is 12.1 Å². The molecule has 0 radical (unpaired) electrons. The van der Waals surface area contributed by atoms with Crippen LogP contribution in [0.15, 0.2) is 24.3 Å². The van der Waals surface area contributed by atoms with E-state index in [1.54, 1.807) is 38.1 Å². The first-order valence-electron chi connectivity index (χ1n) is 8.45. The standard InChI is InChI=1S/C18H23N3O5/c1-4-5-10-26-15(23)12-6-8-13(9-7-12)19-14(22)11-21-16(24)18(2,3)20-17(21)25/h6-9H,4-5,10-11H2,1-3H3,(H,19,22)(H,20,25). The summed E-state index contributed by atoms with van der Waals surface area (Å²) in [5.74, 6) is -1.38. The Morgan fingerprint density at radius 1 is 1.19 bits per heavy atom. The maximum Gasteiger partial charge on any atom is 0.338 e. The van der Waals surface area contributed by atoms with Gasteiger partial charge in [-0.1, -0.05) is 13.3 Å². The molecule has 0 bridgehead atoms. The van der Waals surface area contributed by atoms with E-state index in [0.717, 1.165) is 17.7 Å². The molecule has 0 saturated carbocycles. The van der Waals surface area contributed by atoms with Crippen molar-refractivity contribution in [3.05, 3.63) is 29.8 Å². The van der Waals surface area contributed by atoms with Crippen LogP contribution in [0, 0.1) is 0 Å². The smallest absolute Gasteiger partial charge is 0.338 e. The number of rotatable bonds is 7. The van der Waals surface area contributed by atoms with E-state index < -0.39 is 29.4 Å². The van der Waals surface area contributed by atoms with Crippen molar-refractivity contribution in [2.45, 2.75) is 39.2 Å². The number of carbonyl (C=O) groups excluding carboxylic acids is 4. The van der Waals surface area contributed by atoms with Crippen molar-refractivity contribution in [3.63, 3.8) is 0 Å². The highest BCUT2D eigenvalue weighted by Gasteiger charge is 2.44. The summed E-state index contributed by atoms with van der Waals surface area (Å²) >= 11 is 0. The van der Waals surface area contributed by atoms with Gasteiger partial charge in [-0.15, -0.1) is 0 Å². The zero-order chi connectivity index (χ0) is 19.3. The molecule has 0 aliphatic carbocycles. The number of hydrogen-bond donors (Lipinski definition) is 2. The summed E-state index contributed by atoms with van der Waals surface area (Å²) in [7, 11) is 0. The van der Waals surface area contributed by atoms with E-state index in [9.17, 15) is 19.2 Å². The van der Waals surface area contributed by atoms with Crippen molar-refractivity contribution in [1.29, 1.82) is 0 Å². The molecule has 1 heterocycles. The van der Waals surface area contributed by atoms with Gasteiger partial charge in [0, 0.05) is 5.69 Å². The number of imide groups is 1. The number of amides is 4. The molecule has 1 aliphatic rings. The molecule has 1 aliphatic heterocycles. The van der Waals surface area contributed by atoms with Crippen LogP contribution in [0.3, 0.4) is 0 Å². The van der Waals surface area contributed by atoms with Gasteiger partial charge in [0.2, 0.25) is 5.91 Å². The minimum absolute atomic E-state index is 0.371. The summed E-state index contributed by atoms with van der Waals surface area (Å²) < 4.78 is 5.11. The Balaban J connectivity index is 1.90. The molecular weight excluding hydrogens is 338 g/mol. The minimum Gasteiger partial charge on any atom is -0.462 e. The Hall–Kier alpha value is -2.90. The second-order valence-electron chi connectivity index (χ2n) is 6.56. The van der Waals surface area contributed by atoms with Crippen LogP contribution in [-0.2, 0) is 14.3 Å². The highest BCUT2D eigenvalue weighted by Crippen LogP contribution is 2.17. The summed E-state index contributed by atoms with van der Waals surface area (Å²) in [5, 5.41) is 5.10. The fourth-order valence-corrected chi connectivity index (χ4v) is 2.39. The van der Waals surface area contributed by atoms with Crippen molar-refractivity contribution in [1.82, 2.24) is 10.2 Å². The molecule has 26 heavy (non-hydrogen) atoms. The van der Waals surface area contributed by atoms with Crippen molar-refractivity contribution < 1.29 is 23.9 Å². The van der Waals surface area contributed by atoms with Crippen molar-refractivity contribution >= 4 is 29.5 Å². The molecule has 0 unspecified atom stereocenters. The summed E-state index contributed by atoms with van der Waals surface area (Å²) in [6, 6.07) is 5.61. The quantitative estimate of drug-likeness (QED) is 0.438. The molecule has 0 atom stereocenters. The summed E-state index contributed by atoms with van der Waals surface area (Å²) in [6.07, 6.45) is 1.74. The van der Waals surface area contributed by atoms with E-state index in [2.05, 4.69) is 10.6 Å². The summed E-state index contributed by atoms with van der Waals surface area (Å²) in [6.45, 7) is 5.14. The van der Waals surface area contributed by atoms with Crippen LogP contribution in [0.1, 0.15) is 44.0 Å². The molecule has 0 spiro atoms. The predicted molar refractivity (Wildman–Crippen MR) is 94.6 cm³/mol. The Morgan fingerprint density at radius 2 is 1.85 bits per heavy atom. The SMILES string of the molecule is CCCCOC(=O)c1ccc(NC(=O)CN2C(=O)NC(C)(C)C2=O)cc1. The van der Waals surface area contributed by atoms with E-state index >= 15 is 0 Å². The van der Waals surface area contributed by atoms with Crippen LogP contribution < -0.4 is 10.6 Å². The third-order valence-electron chi connectivity index (χ3n) is 3.88. The van der Waals surface area contributed by atoms with Gasteiger partial charge in [-0.2, -0.15) is 0 Å². The number of ether oxygens (including phenoxy) is 1. The van der Waals surface area contributed by atoms with Gasteiger partial charge in [0.15, 0.2) is 0 Å². The van der Waals surface area contributed by atoms with Gasteiger partial charge in [-0.05, 0) is 44.5 Å². The predicted octanol–water partition coefficient (Wildman–Crippen LogP) is 1.91. The number of nitrogens with one attached hydrogen (secondary N) is 2. The normalized spacial score (nSPS) is 15.6. The molecule has 0 aromatic heterocycles. The van der Waals surface area contributed by atoms with Crippen LogP contribution in [0.5, 0.6) is 0 Å². The van der Waals surface area contributed by atoms with Crippen LogP contribution >= 0.6 is 0 Å². The van der Waals surface area contributed by atoms with Gasteiger partial charge >= 0.3 is 12.0 Å². The van der Waals surface area contributed by atoms with Crippen molar-refractivity contribution in [2.75, 3.05) is 18.5 Å². The maximum atomic E-state index is 12.1. The first kappa shape index (κ1) is 19.4. The average molecular weight is 361 g/mol. The topological polar surface area (TPSA) is 105 Å². The number of anilines is 1. The lowest BCUT2D eigenvalue weighted by atomic mass is 10.1. The van der Waals surface area contributed by atoms with Crippen molar-refractivity contribution in [2.24, 2.45) is 0 Å². The summed E-state index contributed by atoms with van der Waals surface area (Å²) in [5.41, 5.74) is -0.182. The lowest BCUT2D eigenvalue weighted by molar-refractivity contribution is -0.132. The number of carbonyl (C=O) groups is 4. The van der Waals surface area contributed by atoms with Crippen molar-refractivity contribution in [3.8, 4) is 0 Å². The van der Waals surface area contributed by atoms with Crippen LogP contribution in [-0.4, -0.2) is 47.4 Å². The van der Waals surface area contributed by atoms with Gasteiger partial charge in [-0.25, -0.2) is 9.59 Å². The fourth-order valence-electron chi connectivity index (χ4n) is 2.39. The van der Waals surface area contributed by atoms with E-state index in [0.29, 0.717) is 17.9 Å². The van der Waals surface area contributed by atoms with Gasteiger partial charge < -0.3 is 15.4 Å². The average Bonchev–Trinajstić information content (AvgIpc) is 2.77. The number of unbranched alkanes of at least 4 members (excludes halogenated alkanes) is 1. The second-order valence-corrected chi connectivity index (χ2v) is 6.56. The highest BCUT2D eigenvalue weighted by molar-refractivity contribution is 6.09. The summed E-state index contributed by atoms with van der Waals surface area (Å²) in [4.78, 5) is 48.6. The van der Waals surface area contributed by atoms with E-state index in [-0.39, 0.29) is 6.54 Å². The Kier molecular flexibility index (Phi) is 5.97. The molecule has 1 aromatic rings.